The quantitative estimate of drug-likeness (QED) is 0.593. The van der Waals surface area contributed by atoms with Crippen LogP contribution >= 0.6 is 34.7 Å². The minimum atomic E-state index is 0.572. The molecule has 1 nitrogen and oxygen atoms in total. The molecular formula is C10H8ClNS2. The fraction of sp³-hybridized carbons (Fsp3) is 0.100. The lowest BCUT2D eigenvalue weighted by Gasteiger charge is -2.03. The minimum absolute atomic E-state index is 0.572. The SMILES string of the molecule is ClCSc1ccccc1-c1nccs1. The molecule has 0 aliphatic heterocycles. The minimum Gasteiger partial charge on any atom is -0.245 e. The Kier molecular flexibility index (Phi) is 3.45. The van der Waals surface area contributed by atoms with Crippen LogP contribution in [0.15, 0.2) is 40.7 Å². The van der Waals surface area contributed by atoms with Gasteiger partial charge in [-0.1, -0.05) is 18.2 Å². The molecule has 0 unspecified atom stereocenters. The highest BCUT2D eigenvalue weighted by Gasteiger charge is 2.05. The highest BCUT2D eigenvalue weighted by molar-refractivity contribution is 8.00. The normalized spacial score (nSPS) is 10.4. The van der Waals surface area contributed by atoms with Gasteiger partial charge in [-0.3, -0.25) is 0 Å². The van der Waals surface area contributed by atoms with Crippen molar-refractivity contribution in [3.63, 3.8) is 0 Å². The Labute approximate surface area is 96.1 Å². The maximum absolute atomic E-state index is 5.72. The molecule has 2 aromatic rings. The number of halogens is 1. The predicted molar refractivity (Wildman–Crippen MR) is 64.1 cm³/mol. The molecule has 0 atom stereocenters. The van der Waals surface area contributed by atoms with Crippen LogP contribution in [-0.2, 0) is 0 Å². The number of alkyl halides is 1. The molecule has 1 aromatic carbocycles. The Morgan fingerprint density at radius 2 is 2.21 bits per heavy atom. The van der Waals surface area contributed by atoms with Crippen molar-refractivity contribution in [1.29, 1.82) is 0 Å². The molecule has 0 fully saturated rings. The largest absolute Gasteiger partial charge is 0.245 e. The standard InChI is InChI=1S/C10H8ClNS2/c11-7-14-9-4-2-1-3-8(9)10-12-5-6-13-10/h1-6H,7H2. The second kappa shape index (κ2) is 4.82. The van der Waals surface area contributed by atoms with Crippen molar-refractivity contribution in [1.82, 2.24) is 4.98 Å². The average molecular weight is 242 g/mol. The number of rotatable bonds is 3. The Hall–Kier alpha value is -0.510. The molecule has 1 heterocycles. The number of thioether (sulfide) groups is 1. The molecule has 0 saturated carbocycles. The van der Waals surface area contributed by atoms with Crippen molar-refractivity contribution in [3.8, 4) is 10.6 Å². The molecule has 0 bridgehead atoms. The van der Waals surface area contributed by atoms with Crippen LogP contribution in [-0.4, -0.2) is 10.2 Å². The van der Waals surface area contributed by atoms with Crippen LogP contribution in [0.1, 0.15) is 0 Å². The van der Waals surface area contributed by atoms with Crippen LogP contribution in [0.5, 0.6) is 0 Å². The van der Waals surface area contributed by atoms with Gasteiger partial charge < -0.3 is 0 Å². The van der Waals surface area contributed by atoms with Crippen molar-refractivity contribution in [2.45, 2.75) is 4.90 Å². The number of hydrogen-bond donors (Lipinski definition) is 0. The number of nitrogens with zero attached hydrogens (tertiary/aromatic N) is 1. The van der Waals surface area contributed by atoms with E-state index in [0.717, 1.165) is 5.01 Å². The van der Waals surface area contributed by atoms with Crippen LogP contribution in [0.2, 0.25) is 0 Å². The molecule has 0 aliphatic rings. The topological polar surface area (TPSA) is 12.9 Å². The third-order valence-corrected chi connectivity index (χ3v) is 3.67. The molecule has 2 rings (SSSR count). The summed E-state index contributed by atoms with van der Waals surface area (Å²) in [5.74, 6) is 0. The molecule has 1 aromatic heterocycles. The molecule has 72 valence electrons. The smallest absolute Gasteiger partial charge is 0.124 e. The van der Waals surface area contributed by atoms with E-state index >= 15 is 0 Å². The molecule has 14 heavy (non-hydrogen) atoms. The summed E-state index contributed by atoms with van der Waals surface area (Å²) in [6, 6.07) is 8.19. The molecular weight excluding hydrogens is 234 g/mol. The zero-order valence-corrected chi connectivity index (χ0v) is 9.70. The molecule has 0 spiro atoms. The van der Waals surface area contributed by atoms with E-state index in [0.29, 0.717) is 5.21 Å². The first-order valence-corrected chi connectivity index (χ1v) is 6.49. The fourth-order valence-corrected chi connectivity index (χ4v) is 2.89. The monoisotopic (exact) mass is 241 g/mol. The summed E-state index contributed by atoms with van der Waals surface area (Å²) in [7, 11) is 0. The van der Waals surface area contributed by atoms with Gasteiger partial charge in [-0.2, -0.15) is 0 Å². The van der Waals surface area contributed by atoms with Gasteiger partial charge in [0, 0.05) is 22.0 Å². The lowest BCUT2D eigenvalue weighted by atomic mass is 10.2. The van der Waals surface area contributed by atoms with Gasteiger partial charge in [-0.25, -0.2) is 4.98 Å². The van der Waals surface area contributed by atoms with Crippen LogP contribution in [0, 0.1) is 0 Å². The molecule has 0 radical (unpaired) electrons. The lowest BCUT2D eigenvalue weighted by molar-refractivity contribution is 1.36. The summed E-state index contributed by atoms with van der Waals surface area (Å²) in [5, 5.41) is 3.61. The van der Waals surface area contributed by atoms with E-state index in [1.807, 2.05) is 23.7 Å². The van der Waals surface area contributed by atoms with Crippen molar-refractivity contribution < 1.29 is 0 Å². The van der Waals surface area contributed by atoms with Gasteiger partial charge in [0.2, 0.25) is 0 Å². The predicted octanol–water partition coefficient (Wildman–Crippen LogP) is 4.10. The van der Waals surface area contributed by atoms with E-state index in [2.05, 4.69) is 17.1 Å². The number of benzene rings is 1. The Morgan fingerprint density at radius 3 is 2.93 bits per heavy atom. The van der Waals surface area contributed by atoms with Crippen molar-refractivity contribution in [2.24, 2.45) is 0 Å². The van der Waals surface area contributed by atoms with E-state index < -0.39 is 0 Å². The number of aromatic nitrogens is 1. The van der Waals surface area contributed by atoms with E-state index in [9.17, 15) is 0 Å². The van der Waals surface area contributed by atoms with Crippen LogP contribution < -0.4 is 0 Å². The van der Waals surface area contributed by atoms with E-state index in [1.165, 1.54) is 10.5 Å². The van der Waals surface area contributed by atoms with E-state index in [-0.39, 0.29) is 0 Å². The van der Waals surface area contributed by atoms with Gasteiger partial charge in [0.15, 0.2) is 0 Å². The number of hydrogen-bond acceptors (Lipinski definition) is 3. The Morgan fingerprint density at radius 1 is 1.36 bits per heavy atom. The third kappa shape index (κ3) is 2.11. The van der Waals surface area contributed by atoms with E-state index in [4.69, 9.17) is 11.6 Å². The summed E-state index contributed by atoms with van der Waals surface area (Å²) in [6.45, 7) is 0. The third-order valence-electron chi connectivity index (χ3n) is 1.76. The highest BCUT2D eigenvalue weighted by atomic mass is 35.5. The lowest BCUT2D eigenvalue weighted by Crippen LogP contribution is -1.80. The summed E-state index contributed by atoms with van der Waals surface area (Å²) >= 11 is 9.00. The van der Waals surface area contributed by atoms with Crippen molar-refractivity contribution >= 4 is 34.7 Å². The Balaban J connectivity index is 2.42. The summed E-state index contributed by atoms with van der Waals surface area (Å²) < 4.78 is 0. The van der Waals surface area contributed by atoms with Crippen molar-refractivity contribution in [3.05, 3.63) is 35.8 Å². The first-order valence-electron chi connectivity index (χ1n) is 4.09. The zero-order chi connectivity index (χ0) is 9.80. The van der Waals surface area contributed by atoms with Gasteiger partial charge in [0.25, 0.3) is 0 Å². The van der Waals surface area contributed by atoms with Crippen LogP contribution in [0.4, 0.5) is 0 Å². The summed E-state index contributed by atoms with van der Waals surface area (Å²) in [6.07, 6.45) is 1.82. The van der Waals surface area contributed by atoms with E-state index in [1.54, 1.807) is 23.1 Å². The molecule has 0 N–H and O–H groups in total. The zero-order valence-electron chi connectivity index (χ0n) is 7.31. The molecule has 0 amide bonds. The molecule has 0 saturated heterocycles. The van der Waals surface area contributed by atoms with Gasteiger partial charge in [-0.05, 0) is 6.07 Å². The van der Waals surface area contributed by atoms with Gasteiger partial charge >= 0.3 is 0 Å². The second-order valence-corrected chi connectivity index (χ2v) is 5.08. The maximum atomic E-state index is 5.72. The maximum Gasteiger partial charge on any atom is 0.124 e. The second-order valence-electron chi connectivity index (χ2n) is 2.59. The summed E-state index contributed by atoms with van der Waals surface area (Å²) in [4.78, 5) is 5.48. The van der Waals surface area contributed by atoms with Gasteiger partial charge in [0.05, 0.1) is 5.21 Å². The number of thiazole rings is 1. The van der Waals surface area contributed by atoms with Crippen molar-refractivity contribution in [2.75, 3.05) is 5.21 Å². The fourth-order valence-electron chi connectivity index (χ4n) is 1.18. The van der Waals surface area contributed by atoms with Gasteiger partial charge in [0.1, 0.15) is 5.01 Å². The molecule has 0 aliphatic carbocycles. The van der Waals surface area contributed by atoms with Crippen LogP contribution in [0.3, 0.4) is 0 Å². The average Bonchev–Trinajstić information content (AvgIpc) is 2.72. The molecule has 4 heteroatoms. The highest BCUT2D eigenvalue weighted by Crippen LogP contribution is 2.32. The first kappa shape index (κ1) is 10.0. The summed E-state index contributed by atoms with van der Waals surface area (Å²) in [5.41, 5.74) is 1.17. The Bertz CT molecular complexity index is 400. The van der Waals surface area contributed by atoms with Crippen LogP contribution in [0.25, 0.3) is 10.6 Å². The van der Waals surface area contributed by atoms with Gasteiger partial charge in [-0.15, -0.1) is 34.7 Å². The first-order chi connectivity index (χ1) is 6.92.